The molecule has 1 fully saturated rings. The molecule has 0 saturated heterocycles. The molecule has 0 spiro atoms. The van der Waals surface area contributed by atoms with Crippen molar-refractivity contribution in [2.45, 2.75) is 65.7 Å². The lowest BCUT2D eigenvalue weighted by atomic mass is 10.1. The zero-order valence-corrected chi connectivity index (χ0v) is 27.4. The second-order valence-electron chi connectivity index (χ2n) is 12.6. The lowest BCUT2D eigenvalue weighted by molar-refractivity contribution is -0.111. The molecule has 11 nitrogen and oxygen atoms in total. The third kappa shape index (κ3) is 9.05. The van der Waals surface area contributed by atoms with Crippen LogP contribution in [0.3, 0.4) is 0 Å². The van der Waals surface area contributed by atoms with E-state index < -0.39 is 58.4 Å². The van der Waals surface area contributed by atoms with Gasteiger partial charge in [0.15, 0.2) is 11.4 Å². The first-order chi connectivity index (χ1) is 22.8. The van der Waals surface area contributed by atoms with E-state index >= 15 is 0 Å². The molecule has 0 unspecified atom stereocenters. The maximum atomic E-state index is 14.4. The van der Waals surface area contributed by atoms with Crippen LogP contribution in [0.4, 0.5) is 13.6 Å². The number of aromatic nitrogens is 1. The number of rotatable bonds is 12. The van der Waals surface area contributed by atoms with Crippen molar-refractivity contribution in [3.63, 3.8) is 0 Å². The minimum absolute atomic E-state index is 0.0193. The smallest absolute Gasteiger partial charge is 0.429 e. The molecule has 2 atom stereocenters. The van der Waals surface area contributed by atoms with Gasteiger partial charge in [0.1, 0.15) is 35.7 Å². The number of benzene rings is 2. The standard InChI is InChI=1S/C35H40F2N4O7/c1-5-38-33(45)29-31(47-21-22-9-7-6-8-10-22)30(43)27(32(44)39-17-25-13-14-26(36)16-28(25)37)19-40(29)41(34(46)48-35(2,3)4)18-23-11-12-24(15-23)20-42/h6-10,13-14,16,19-20,23-24H,5,11-12,15,17-18,21H2,1-4H3,(H,38,45)(H,39,44)/t23-,24+/m0/s1. The normalized spacial score (nSPS) is 15.8. The van der Waals surface area contributed by atoms with E-state index in [2.05, 4.69) is 10.6 Å². The maximum Gasteiger partial charge on any atom is 0.429 e. The van der Waals surface area contributed by atoms with Gasteiger partial charge in [0.2, 0.25) is 5.43 Å². The van der Waals surface area contributed by atoms with Crippen LogP contribution in [0, 0.1) is 23.5 Å². The number of halogens is 2. The highest BCUT2D eigenvalue weighted by Gasteiger charge is 2.35. The van der Waals surface area contributed by atoms with Crippen molar-refractivity contribution >= 4 is 24.2 Å². The Morgan fingerprint density at radius 3 is 2.40 bits per heavy atom. The molecule has 48 heavy (non-hydrogen) atoms. The summed E-state index contributed by atoms with van der Waals surface area (Å²) in [5.41, 5.74) is -2.17. The van der Waals surface area contributed by atoms with Crippen molar-refractivity contribution in [1.82, 2.24) is 15.3 Å². The number of carbonyl (C=O) groups is 4. The lowest BCUT2D eigenvalue weighted by Crippen LogP contribution is -2.49. The fourth-order valence-electron chi connectivity index (χ4n) is 5.40. The van der Waals surface area contributed by atoms with Crippen molar-refractivity contribution in [3.05, 3.63) is 99.0 Å². The molecule has 1 heterocycles. The first-order valence-corrected chi connectivity index (χ1v) is 15.7. The molecule has 1 aromatic heterocycles. The molecular weight excluding hydrogens is 626 g/mol. The number of ether oxygens (including phenoxy) is 2. The molecule has 4 rings (SSSR count). The van der Waals surface area contributed by atoms with Crippen LogP contribution >= 0.6 is 0 Å². The Morgan fingerprint density at radius 1 is 1.04 bits per heavy atom. The molecule has 1 saturated carbocycles. The molecule has 0 aliphatic heterocycles. The summed E-state index contributed by atoms with van der Waals surface area (Å²) in [6, 6.07) is 11.7. The van der Waals surface area contributed by atoms with E-state index in [0.29, 0.717) is 30.9 Å². The molecule has 1 aliphatic carbocycles. The topological polar surface area (TPSA) is 136 Å². The van der Waals surface area contributed by atoms with Crippen LogP contribution in [0.15, 0.2) is 59.5 Å². The van der Waals surface area contributed by atoms with Gasteiger partial charge < -0.3 is 24.9 Å². The van der Waals surface area contributed by atoms with E-state index in [1.165, 1.54) is 0 Å². The maximum absolute atomic E-state index is 14.4. The van der Waals surface area contributed by atoms with E-state index in [1.807, 2.05) is 0 Å². The van der Waals surface area contributed by atoms with Gasteiger partial charge in [-0.05, 0) is 64.5 Å². The van der Waals surface area contributed by atoms with Gasteiger partial charge in [-0.3, -0.25) is 14.4 Å². The number of pyridine rings is 1. The van der Waals surface area contributed by atoms with Gasteiger partial charge in [-0.2, -0.15) is 0 Å². The van der Waals surface area contributed by atoms with Crippen LogP contribution in [0.2, 0.25) is 0 Å². The van der Waals surface area contributed by atoms with Crippen molar-refractivity contribution in [2.24, 2.45) is 11.8 Å². The van der Waals surface area contributed by atoms with Gasteiger partial charge in [-0.25, -0.2) is 23.3 Å². The molecule has 3 amide bonds. The number of carbonyl (C=O) groups excluding carboxylic acids is 4. The van der Waals surface area contributed by atoms with Crippen molar-refractivity contribution in [3.8, 4) is 5.75 Å². The van der Waals surface area contributed by atoms with E-state index in [0.717, 1.165) is 34.3 Å². The zero-order valence-electron chi connectivity index (χ0n) is 27.4. The Morgan fingerprint density at radius 2 is 1.77 bits per heavy atom. The lowest BCUT2D eigenvalue weighted by Gasteiger charge is -2.32. The molecule has 0 bridgehead atoms. The number of aldehydes is 1. The van der Waals surface area contributed by atoms with Crippen molar-refractivity contribution in [2.75, 3.05) is 18.1 Å². The first kappa shape index (κ1) is 35.8. The highest BCUT2D eigenvalue weighted by Crippen LogP contribution is 2.31. The molecule has 0 radical (unpaired) electrons. The summed E-state index contributed by atoms with van der Waals surface area (Å²) in [5, 5.41) is 6.24. The number of hydrogen-bond donors (Lipinski definition) is 2. The quantitative estimate of drug-likeness (QED) is 0.263. The summed E-state index contributed by atoms with van der Waals surface area (Å²) in [4.78, 5) is 66.7. The van der Waals surface area contributed by atoms with Gasteiger partial charge in [0.25, 0.3) is 11.8 Å². The number of nitrogens with one attached hydrogen (secondary N) is 2. The minimum atomic E-state index is -0.965. The Hall–Kier alpha value is -5.07. The van der Waals surface area contributed by atoms with Crippen LogP contribution in [0.25, 0.3) is 0 Å². The largest absolute Gasteiger partial charge is 0.482 e. The summed E-state index contributed by atoms with van der Waals surface area (Å²) < 4.78 is 40.6. The second-order valence-corrected chi connectivity index (χ2v) is 12.6. The number of amides is 3. The number of nitrogens with zero attached hydrogens (tertiary/aromatic N) is 2. The zero-order chi connectivity index (χ0) is 35.0. The predicted molar refractivity (Wildman–Crippen MR) is 173 cm³/mol. The third-order valence-electron chi connectivity index (χ3n) is 7.69. The van der Waals surface area contributed by atoms with Crippen molar-refractivity contribution in [1.29, 1.82) is 0 Å². The predicted octanol–water partition coefficient (Wildman–Crippen LogP) is 4.87. The van der Waals surface area contributed by atoms with E-state index in [9.17, 15) is 32.8 Å². The van der Waals surface area contributed by atoms with Crippen LogP contribution in [-0.2, 0) is 22.7 Å². The summed E-state index contributed by atoms with van der Waals surface area (Å²) in [7, 11) is 0. The second kappa shape index (κ2) is 15.7. The summed E-state index contributed by atoms with van der Waals surface area (Å²) in [5.74, 6) is -4.30. The van der Waals surface area contributed by atoms with Gasteiger partial charge in [0.05, 0.1) is 0 Å². The fourth-order valence-corrected chi connectivity index (χ4v) is 5.40. The monoisotopic (exact) mass is 666 g/mol. The summed E-state index contributed by atoms with van der Waals surface area (Å²) in [6.07, 6.45) is 2.75. The fraction of sp³-hybridized carbons (Fsp3) is 0.400. The third-order valence-corrected chi connectivity index (χ3v) is 7.69. The van der Waals surface area contributed by atoms with Gasteiger partial charge >= 0.3 is 6.09 Å². The average Bonchev–Trinajstić information content (AvgIpc) is 3.50. The van der Waals surface area contributed by atoms with Gasteiger partial charge in [-0.15, -0.1) is 0 Å². The van der Waals surface area contributed by atoms with Gasteiger partial charge in [-0.1, -0.05) is 36.4 Å². The Balaban J connectivity index is 1.88. The van der Waals surface area contributed by atoms with E-state index in [-0.39, 0.29) is 42.8 Å². The SMILES string of the molecule is CCNC(=O)c1c(OCc2ccccc2)c(=O)c(C(=O)NCc2ccc(F)cc2F)cn1N(C[C@H]1CC[C@@H](C=O)C1)C(=O)OC(C)(C)C. The number of hydrogen-bond acceptors (Lipinski definition) is 7. The summed E-state index contributed by atoms with van der Waals surface area (Å²) >= 11 is 0. The first-order valence-electron chi connectivity index (χ1n) is 15.7. The molecule has 3 aromatic rings. The highest BCUT2D eigenvalue weighted by molar-refractivity contribution is 5.99. The minimum Gasteiger partial charge on any atom is -0.482 e. The highest BCUT2D eigenvalue weighted by atomic mass is 19.1. The van der Waals surface area contributed by atoms with Crippen LogP contribution in [0.5, 0.6) is 5.75 Å². The summed E-state index contributed by atoms with van der Waals surface area (Å²) in [6.45, 7) is 6.25. The molecule has 13 heteroatoms. The molecule has 2 aromatic carbocycles. The van der Waals surface area contributed by atoms with Gasteiger partial charge in [0, 0.05) is 43.4 Å². The Kier molecular flexibility index (Phi) is 11.7. The van der Waals surface area contributed by atoms with Crippen LogP contribution in [-0.4, -0.2) is 47.6 Å². The van der Waals surface area contributed by atoms with E-state index in [4.69, 9.17) is 9.47 Å². The molecule has 256 valence electrons. The Labute approximate surface area is 277 Å². The average molecular weight is 667 g/mol. The molecule has 2 N–H and O–H groups in total. The van der Waals surface area contributed by atoms with E-state index in [1.54, 1.807) is 58.0 Å². The molecular formula is C35H40F2N4O7. The Bertz CT molecular complexity index is 1710. The van der Waals surface area contributed by atoms with Crippen molar-refractivity contribution < 1.29 is 37.4 Å². The van der Waals surface area contributed by atoms with Crippen LogP contribution in [0.1, 0.15) is 78.9 Å². The van der Waals surface area contributed by atoms with Crippen LogP contribution < -0.4 is 25.8 Å². The molecule has 1 aliphatic rings.